The lowest BCUT2D eigenvalue weighted by molar-refractivity contribution is 0.107. The molecule has 2 N–H and O–H groups in total. The maximum absolute atomic E-state index is 13.3. The van der Waals surface area contributed by atoms with E-state index in [-0.39, 0.29) is 12.4 Å². The Morgan fingerprint density at radius 2 is 2.00 bits per heavy atom. The Balaban J connectivity index is 2.02. The lowest BCUT2D eigenvalue weighted by Gasteiger charge is -2.07. The number of hydrogen-bond donors (Lipinski definition) is 1. The molecule has 2 aromatic rings. The van der Waals surface area contributed by atoms with E-state index in [0.717, 1.165) is 11.1 Å². The SMILES string of the molecule is NCC#Cc1cc(F)ccc1COCc1cccc(Cl)c1. The minimum absolute atomic E-state index is 0.235. The summed E-state index contributed by atoms with van der Waals surface area (Å²) in [7, 11) is 0. The molecule has 21 heavy (non-hydrogen) atoms. The zero-order chi connectivity index (χ0) is 15.1. The van der Waals surface area contributed by atoms with Crippen molar-refractivity contribution in [2.24, 2.45) is 5.73 Å². The molecule has 4 heteroatoms. The molecule has 0 aromatic heterocycles. The first-order valence-electron chi connectivity index (χ1n) is 6.48. The van der Waals surface area contributed by atoms with Gasteiger partial charge in [0.25, 0.3) is 0 Å². The van der Waals surface area contributed by atoms with E-state index >= 15 is 0 Å². The van der Waals surface area contributed by atoms with Crippen molar-refractivity contribution in [2.45, 2.75) is 13.2 Å². The first-order chi connectivity index (χ1) is 10.2. The molecular weight excluding hydrogens is 289 g/mol. The van der Waals surface area contributed by atoms with Gasteiger partial charge in [0.2, 0.25) is 0 Å². The Morgan fingerprint density at radius 3 is 2.76 bits per heavy atom. The molecule has 0 amide bonds. The topological polar surface area (TPSA) is 35.2 Å². The second-order valence-electron chi connectivity index (χ2n) is 4.43. The van der Waals surface area contributed by atoms with Gasteiger partial charge in [-0.25, -0.2) is 4.39 Å². The van der Waals surface area contributed by atoms with Gasteiger partial charge in [-0.05, 0) is 35.4 Å². The molecule has 0 aliphatic carbocycles. The van der Waals surface area contributed by atoms with Crippen molar-refractivity contribution in [1.29, 1.82) is 0 Å². The monoisotopic (exact) mass is 303 g/mol. The zero-order valence-corrected chi connectivity index (χ0v) is 12.2. The zero-order valence-electron chi connectivity index (χ0n) is 11.4. The van der Waals surface area contributed by atoms with Crippen LogP contribution in [0.25, 0.3) is 0 Å². The van der Waals surface area contributed by atoms with E-state index in [1.807, 2.05) is 24.3 Å². The molecule has 0 heterocycles. The Kier molecular flexibility index (Phi) is 5.77. The van der Waals surface area contributed by atoms with Gasteiger partial charge < -0.3 is 10.5 Å². The molecule has 2 rings (SSSR count). The quantitative estimate of drug-likeness (QED) is 0.877. The third-order valence-electron chi connectivity index (χ3n) is 2.81. The molecule has 0 unspecified atom stereocenters. The van der Waals surface area contributed by atoms with Crippen LogP contribution < -0.4 is 5.73 Å². The van der Waals surface area contributed by atoms with E-state index in [2.05, 4.69) is 11.8 Å². The molecule has 2 aromatic carbocycles. The normalized spacial score (nSPS) is 10.0. The van der Waals surface area contributed by atoms with Gasteiger partial charge in [-0.3, -0.25) is 0 Å². The van der Waals surface area contributed by atoms with Crippen molar-refractivity contribution in [3.63, 3.8) is 0 Å². The molecule has 0 radical (unpaired) electrons. The number of halogens is 2. The fourth-order valence-electron chi connectivity index (χ4n) is 1.84. The highest BCUT2D eigenvalue weighted by Crippen LogP contribution is 2.15. The third kappa shape index (κ3) is 4.87. The van der Waals surface area contributed by atoms with Gasteiger partial charge >= 0.3 is 0 Å². The van der Waals surface area contributed by atoms with Crippen LogP contribution in [-0.4, -0.2) is 6.54 Å². The van der Waals surface area contributed by atoms with Crippen LogP contribution in [0.5, 0.6) is 0 Å². The Morgan fingerprint density at radius 1 is 1.14 bits per heavy atom. The fraction of sp³-hybridized carbons (Fsp3) is 0.176. The average Bonchev–Trinajstić information content (AvgIpc) is 2.47. The molecular formula is C17H15ClFNO. The number of hydrogen-bond acceptors (Lipinski definition) is 2. The maximum Gasteiger partial charge on any atom is 0.124 e. The molecule has 0 bridgehead atoms. The predicted molar refractivity (Wildman–Crippen MR) is 82.3 cm³/mol. The highest BCUT2D eigenvalue weighted by molar-refractivity contribution is 6.30. The van der Waals surface area contributed by atoms with Gasteiger partial charge in [-0.1, -0.05) is 41.6 Å². The van der Waals surface area contributed by atoms with Crippen LogP contribution in [0.2, 0.25) is 5.02 Å². The highest BCUT2D eigenvalue weighted by atomic mass is 35.5. The van der Waals surface area contributed by atoms with Crippen LogP contribution in [0, 0.1) is 17.7 Å². The Labute approximate surface area is 128 Å². The molecule has 0 aliphatic heterocycles. The van der Waals surface area contributed by atoms with Crippen LogP contribution in [-0.2, 0) is 18.0 Å². The van der Waals surface area contributed by atoms with Gasteiger partial charge in [0.1, 0.15) is 5.82 Å². The Bertz CT molecular complexity index is 676. The van der Waals surface area contributed by atoms with Crippen LogP contribution >= 0.6 is 11.6 Å². The summed E-state index contributed by atoms with van der Waals surface area (Å²) in [5.41, 5.74) is 7.77. The van der Waals surface area contributed by atoms with Crippen LogP contribution in [0.4, 0.5) is 4.39 Å². The predicted octanol–water partition coefficient (Wildman–Crippen LogP) is 3.51. The van der Waals surface area contributed by atoms with Gasteiger partial charge in [0, 0.05) is 10.6 Å². The highest BCUT2D eigenvalue weighted by Gasteiger charge is 2.03. The average molecular weight is 304 g/mol. The van der Waals surface area contributed by atoms with Crippen molar-refractivity contribution < 1.29 is 9.13 Å². The largest absolute Gasteiger partial charge is 0.372 e. The van der Waals surface area contributed by atoms with Crippen LogP contribution in [0.15, 0.2) is 42.5 Å². The first kappa shape index (κ1) is 15.5. The molecule has 0 atom stereocenters. The van der Waals surface area contributed by atoms with Crippen LogP contribution in [0.3, 0.4) is 0 Å². The molecule has 0 aliphatic rings. The van der Waals surface area contributed by atoms with Crippen molar-refractivity contribution in [1.82, 2.24) is 0 Å². The van der Waals surface area contributed by atoms with Gasteiger partial charge in [-0.15, -0.1) is 0 Å². The summed E-state index contributed by atoms with van der Waals surface area (Å²) < 4.78 is 18.9. The molecule has 0 saturated heterocycles. The number of rotatable bonds is 4. The van der Waals surface area contributed by atoms with Crippen molar-refractivity contribution in [3.05, 3.63) is 70.0 Å². The summed E-state index contributed by atoms with van der Waals surface area (Å²) >= 11 is 5.91. The van der Waals surface area contributed by atoms with Crippen LogP contribution in [0.1, 0.15) is 16.7 Å². The molecule has 108 valence electrons. The van der Waals surface area contributed by atoms with E-state index in [9.17, 15) is 4.39 Å². The molecule has 2 nitrogen and oxygen atoms in total. The number of benzene rings is 2. The second-order valence-corrected chi connectivity index (χ2v) is 4.87. The minimum Gasteiger partial charge on any atom is -0.372 e. The van der Waals surface area contributed by atoms with Gasteiger partial charge in [0.05, 0.1) is 19.8 Å². The lowest BCUT2D eigenvalue weighted by Crippen LogP contribution is -1.98. The van der Waals surface area contributed by atoms with Gasteiger partial charge in [0.15, 0.2) is 0 Å². The summed E-state index contributed by atoms with van der Waals surface area (Å²) in [6.45, 7) is 1.02. The summed E-state index contributed by atoms with van der Waals surface area (Å²) in [4.78, 5) is 0. The molecule has 0 saturated carbocycles. The van der Waals surface area contributed by atoms with E-state index in [4.69, 9.17) is 22.1 Å². The minimum atomic E-state index is -0.324. The molecule has 0 fully saturated rings. The van der Waals surface area contributed by atoms with E-state index in [1.54, 1.807) is 6.07 Å². The molecule has 0 spiro atoms. The second kappa shape index (κ2) is 7.80. The van der Waals surface area contributed by atoms with E-state index < -0.39 is 0 Å². The summed E-state index contributed by atoms with van der Waals surface area (Å²) in [6, 6.07) is 11.9. The fourth-order valence-corrected chi connectivity index (χ4v) is 2.06. The van der Waals surface area contributed by atoms with Gasteiger partial charge in [-0.2, -0.15) is 0 Å². The maximum atomic E-state index is 13.3. The standard InChI is InChI=1S/C17H15ClFNO/c18-16-5-1-3-13(9-16)11-21-12-15-6-7-17(19)10-14(15)4-2-8-20/h1,3,5-7,9-10H,8,11-12,20H2. The number of nitrogens with two attached hydrogens (primary N) is 1. The number of ether oxygens (including phenoxy) is 1. The summed E-state index contributed by atoms with van der Waals surface area (Å²) in [5, 5.41) is 0.674. The third-order valence-corrected chi connectivity index (χ3v) is 3.05. The van der Waals surface area contributed by atoms with Crippen molar-refractivity contribution in [2.75, 3.05) is 6.54 Å². The lowest BCUT2D eigenvalue weighted by atomic mass is 10.1. The van der Waals surface area contributed by atoms with Crippen molar-refractivity contribution in [3.8, 4) is 11.8 Å². The summed E-state index contributed by atoms with van der Waals surface area (Å²) in [6.07, 6.45) is 0. The van der Waals surface area contributed by atoms with E-state index in [1.165, 1.54) is 12.1 Å². The Hall–Kier alpha value is -1.86. The smallest absolute Gasteiger partial charge is 0.124 e. The van der Waals surface area contributed by atoms with Crippen molar-refractivity contribution >= 4 is 11.6 Å². The first-order valence-corrected chi connectivity index (χ1v) is 6.86. The summed E-state index contributed by atoms with van der Waals surface area (Å²) in [5.74, 6) is 5.26. The van der Waals surface area contributed by atoms with E-state index in [0.29, 0.717) is 23.8 Å².